The molecule has 0 spiro atoms. The number of carbonyl (C=O) groups excluding carboxylic acids is 1. The van der Waals surface area contributed by atoms with Crippen molar-refractivity contribution >= 4 is 38.1 Å². The van der Waals surface area contributed by atoms with Gasteiger partial charge in [-0.1, -0.05) is 11.3 Å². The molecule has 2 aliphatic rings. The van der Waals surface area contributed by atoms with Crippen LogP contribution in [0.15, 0.2) is 23.1 Å². The van der Waals surface area contributed by atoms with Gasteiger partial charge in [0.2, 0.25) is 11.0 Å². The van der Waals surface area contributed by atoms with E-state index in [1.165, 1.54) is 17.4 Å². The average molecular weight is 409 g/mol. The van der Waals surface area contributed by atoms with E-state index in [0.29, 0.717) is 31.0 Å². The Bertz CT molecular complexity index is 969. The highest BCUT2D eigenvalue weighted by molar-refractivity contribution is 7.93. The zero-order valence-corrected chi connectivity index (χ0v) is 16.5. The molecule has 1 aliphatic heterocycles. The normalized spacial score (nSPS) is 16.4. The first-order valence-electron chi connectivity index (χ1n) is 8.76. The smallest absolute Gasteiger partial charge is 0.263 e. The Hall–Kier alpha value is -2.04. The van der Waals surface area contributed by atoms with Gasteiger partial charge in [-0.15, -0.1) is 10.2 Å². The van der Waals surface area contributed by atoms with Gasteiger partial charge in [0.25, 0.3) is 10.0 Å². The molecule has 8 nitrogen and oxygen atoms in total. The second-order valence-electron chi connectivity index (χ2n) is 6.65. The number of nitrogens with zero attached hydrogens (tertiary/aromatic N) is 3. The van der Waals surface area contributed by atoms with E-state index in [-0.39, 0.29) is 21.9 Å². The third-order valence-electron chi connectivity index (χ3n) is 4.66. The Labute approximate surface area is 161 Å². The molecule has 1 saturated carbocycles. The van der Waals surface area contributed by atoms with E-state index in [1.807, 2.05) is 0 Å². The van der Waals surface area contributed by atoms with E-state index in [9.17, 15) is 13.2 Å². The van der Waals surface area contributed by atoms with Crippen molar-refractivity contribution in [2.75, 3.05) is 29.9 Å². The maximum absolute atomic E-state index is 12.7. The van der Waals surface area contributed by atoms with Gasteiger partial charge in [-0.2, -0.15) is 0 Å². The number of hydrogen-bond donors (Lipinski definition) is 1. The fourth-order valence-corrected chi connectivity index (χ4v) is 5.08. The number of benzene rings is 1. The molecule has 2 heterocycles. The van der Waals surface area contributed by atoms with Crippen LogP contribution >= 0.6 is 11.3 Å². The third-order valence-corrected chi connectivity index (χ3v) is 7.02. The quantitative estimate of drug-likeness (QED) is 0.750. The Morgan fingerprint density at radius 2 is 2.19 bits per heavy atom. The van der Waals surface area contributed by atoms with Crippen molar-refractivity contribution in [1.82, 2.24) is 10.2 Å². The van der Waals surface area contributed by atoms with Gasteiger partial charge in [0.1, 0.15) is 5.01 Å². The molecule has 1 aliphatic carbocycles. The molecule has 144 valence electrons. The largest absolute Gasteiger partial charge is 0.384 e. The highest BCUT2D eigenvalue weighted by Crippen LogP contribution is 2.37. The summed E-state index contributed by atoms with van der Waals surface area (Å²) in [7, 11) is -2.17. The number of anilines is 2. The predicted octanol–water partition coefficient (Wildman–Crippen LogP) is 1.83. The minimum absolute atomic E-state index is 0.144. The van der Waals surface area contributed by atoms with Crippen LogP contribution in [0.2, 0.25) is 0 Å². The Kier molecular flexibility index (Phi) is 4.87. The van der Waals surface area contributed by atoms with E-state index < -0.39 is 10.0 Å². The molecule has 1 N–H and O–H groups in total. The lowest BCUT2D eigenvalue weighted by Crippen LogP contribution is -2.30. The zero-order valence-electron chi connectivity index (χ0n) is 14.8. The number of nitrogens with one attached hydrogen (secondary N) is 1. The minimum Gasteiger partial charge on any atom is -0.384 e. The van der Waals surface area contributed by atoms with Gasteiger partial charge in [-0.3, -0.25) is 9.52 Å². The van der Waals surface area contributed by atoms with E-state index in [4.69, 9.17) is 4.74 Å². The van der Waals surface area contributed by atoms with Crippen LogP contribution in [0.3, 0.4) is 0 Å². The molecule has 0 atom stereocenters. The maximum atomic E-state index is 12.7. The second-order valence-corrected chi connectivity index (χ2v) is 9.40. The summed E-state index contributed by atoms with van der Waals surface area (Å²) in [5.41, 5.74) is 1.70. The molecular formula is C17H20N4O4S2. The average Bonchev–Trinajstić information content (AvgIpc) is 3.27. The molecule has 0 saturated heterocycles. The number of hydrogen-bond acceptors (Lipinski definition) is 7. The number of rotatable bonds is 7. The van der Waals surface area contributed by atoms with Crippen LogP contribution in [0.1, 0.15) is 23.4 Å². The van der Waals surface area contributed by atoms with Crippen molar-refractivity contribution < 1.29 is 17.9 Å². The second kappa shape index (κ2) is 7.17. The first-order valence-corrected chi connectivity index (χ1v) is 11.1. The van der Waals surface area contributed by atoms with Crippen LogP contribution < -0.4 is 9.62 Å². The molecule has 1 amide bonds. The molecule has 0 bridgehead atoms. The molecule has 2 aromatic rings. The van der Waals surface area contributed by atoms with Gasteiger partial charge in [0, 0.05) is 31.7 Å². The summed E-state index contributed by atoms with van der Waals surface area (Å²) < 4.78 is 32.8. The van der Waals surface area contributed by atoms with Crippen LogP contribution in [-0.4, -0.2) is 44.8 Å². The van der Waals surface area contributed by atoms with Crippen molar-refractivity contribution in [2.45, 2.75) is 30.6 Å². The van der Waals surface area contributed by atoms with E-state index in [2.05, 4.69) is 14.9 Å². The number of ether oxygens (including phenoxy) is 1. The number of aromatic nitrogens is 2. The standard InChI is InChI=1S/C17H20N4O4S2/c1-25-9-7-15-18-19-17(26-15)20-27(23,24)13-4-5-14-12(10-13)6-8-21(14)16(22)11-2-3-11/h4-5,10-11H,2-3,6-9H2,1H3,(H,19,20). The van der Waals surface area contributed by atoms with E-state index >= 15 is 0 Å². The number of carbonyl (C=O) groups is 1. The molecule has 27 heavy (non-hydrogen) atoms. The number of fused-ring (bicyclic) bond motifs is 1. The van der Waals surface area contributed by atoms with Crippen molar-refractivity contribution in [1.29, 1.82) is 0 Å². The van der Waals surface area contributed by atoms with Crippen molar-refractivity contribution in [3.8, 4) is 0 Å². The van der Waals surface area contributed by atoms with Crippen molar-refractivity contribution in [2.24, 2.45) is 5.92 Å². The van der Waals surface area contributed by atoms with Crippen LogP contribution in [0.5, 0.6) is 0 Å². The van der Waals surface area contributed by atoms with Gasteiger partial charge >= 0.3 is 0 Å². The summed E-state index contributed by atoms with van der Waals surface area (Å²) in [4.78, 5) is 14.3. The number of sulfonamides is 1. The summed E-state index contributed by atoms with van der Waals surface area (Å²) in [6.45, 7) is 1.11. The fraction of sp³-hybridized carbons (Fsp3) is 0.471. The van der Waals surface area contributed by atoms with Gasteiger partial charge in [0.15, 0.2) is 0 Å². The summed E-state index contributed by atoms with van der Waals surface area (Å²) in [5.74, 6) is 0.297. The van der Waals surface area contributed by atoms with Crippen molar-refractivity contribution in [3.63, 3.8) is 0 Å². The highest BCUT2D eigenvalue weighted by atomic mass is 32.2. The van der Waals surface area contributed by atoms with Crippen LogP contribution in [-0.2, 0) is 32.4 Å². The summed E-state index contributed by atoms with van der Waals surface area (Å²) in [5, 5.41) is 8.78. The lowest BCUT2D eigenvalue weighted by molar-refractivity contribution is -0.119. The molecule has 1 aromatic carbocycles. The molecule has 10 heteroatoms. The third kappa shape index (κ3) is 3.83. The SMILES string of the molecule is COCCc1nnc(NS(=O)(=O)c2ccc3c(c2)CCN3C(=O)C2CC2)s1. The molecule has 1 fully saturated rings. The maximum Gasteiger partial charge on any atom is 0.263 e. The highest BCUT2D eigenvalue weighted by Gasteiger charge is 2.36. The monoisotopic (exact) mass is 408 g/mol. The molecule has 0 unspecified atom stereocenters. The van der Waals surface area contributed by atoms with Gasteiger partial charge < -0.3 is 9.64 Å². The van der Waals surface area contributed by atoms with E-state index in [0.717, 1.165) is 24.1 Å². The first kappa shape index (κ1) is 18.3. The Morgan fingerprint density at radius 1 is 1.37 bits per heavy atom. The fourth-order valence-electron chi connectivity index (χ4n) is 3.08. The Balaban J connectivity index is 1.51. The molecule has 4 rings (SSSR count). The molecule has 0 radical (unpaired) electrons. The number of methoxy groups -OCH3 is 1. The van der Waals surface area contributed by atoms with Crippen molar-refractivity contribution in [3.05, 3.63) is 28.8 Å². The number of amides is 1. The topological polar surface area (TPSA) is 101 Å². The lowest BCUT2D eigenvalue weighted by atomic mass is 10.2. The van der Waals surface area contributed by atoms with Gasteiger partial charge in [0.05, 0.1) is 11.5 Å². The Morgan fingerprint density at radius 3 is 2.93 bits per heavy atom. The van der Waals surface area contributed by atoms with Crippen LogP contribution in [0.4, 0.5) is 10.8 Å². The van der Waals surface area contributed by atoms with Crippen LogP contribution in [0, 0.1) is 5.92 Å². The zero-order chi connectivity index (χ0) is 19.0. The van der Waals surface area contributed by atoms with E-state index in [1.54, 1.807) is 24.1 Å². The summed E-state index contributed by atoms with van der Waals surface area (Å²) in [6, 6.07) is 4.90. The summed E-state index contributed by atoms with van der Waals surface area (Å²) >= 11 is 1.19. The predicted molar refractivity (Wildman–Crippen MR) is 102 cm³/mol. The first-order chi connectivity index (χ1) is 13.0. The van der Waals surface area contributed by atoms with Crippen LogP contribution in [0.25, 0.3) is 0 Å². The molecule has 1 aromatic heterocycles. The van der Waals surface area contributed by atoms with Gasteiger partial charge in [-0.05, 0) is 43.0 Å². The lowest BCUT2D eigenvalue weighted by Gasteiger charge is -2.17. The minimum atomic E-state index is -3.76. The van der Waals surface area contributed by atoms with Gasteiger partial charge in [-0.25, -0.2) is 8.42 Å². The molecular weight excluding hydrogens is 388 g/mol. The summed E-state index contributed by atoms with van der Waals surface area (Å²) in [6.07, 6.45) is 3.15.